The number of aliphatic hydroxyl groups excluding tert-OH is 2. The normalized spacial score (nSPS) is 21.9. The van der Waals surface area contributed by atoms with Crippen molar-refractivity contribution in [3.05, 3.63) is 61.7 Å². The number of rotatable bonds is 4. The summed E-state index contributed by atoms with van der Waals surface area (Å²) in [5.41, 5.74) is 1.62. The number of hydrogen-bond acceptors (Lipinski definition) is 8. The van der Waals surface area contributed by atoms with Crippen LogP contribution in [0, 0.1) is 12.7 Å². The molecule has 2 aliphatic heterocycles. The van der Waals surface area contributed by atoms with Gasteiger partial charge in [0.2, 0.25) is 0 Å². The summed E-state index contributed by atoms with van der Waals surface area (Å²) in [4.78, 5) is 43.4. The van der Waals surface area contributed by atoms with Gasteiger partial charge in [0.05, 0.1) is 41.7 Å². The lowest BCUT2D eigenvalue weighted by Gasteiger charge is -2.31. The number of nitrogens with one attached hydrogen (secondary N) is 1. The molecule has 0 saturated heterocycles. The van der Waals surface area contributed by atoms with E-state index in [4.69, 9.17) is 9.72 Å². The largest absolute Gasteiger partial charge is 0.458 e. The summed E-state index contributed by atoms with van der Waals surface area (Å²) in [6.07, 6.45) is -0.739. The fraction of sp³-hybridized carbons (Fsp3) is 0.407. The molecule has 3 aromatic rings. The van der Waals surface area contributed by atoms with Gasteiger partial charge in [0.15, 0.2) is 11.7 Å². The van der Waals surface area contributed by atoms with Crippen molar-refractivity contribution in [1.29, 1.82) is 0 Å². The number of carbonyl (C=O) groups is 2. The quantitative estimate of drug-likeness (QED) is 0.289. The van der Waals surface area contributed by atoms with Crippen molar-refractivity contribution in [2.24, 2.45) is 0 Å². The molecule has 198 valence electrons. The Morgan fingerprint density at radius 2 is 2.08 bits per heavy atom. The molecule has 0 spiro atoms. The highest BCUT2D eigenvalue weighted by Crippen LogP contribution is 2.45. The number of aliphatic hydroxyl groups is 3. The molecule has 3 atom stereocenters. The third kappa shape index (κ3) is 3.22. The van der Waals surface area contributed by atoms with E-state index in [9.17, 15) is 34.1 Å². The van der Waals surface area contributed by atoms with Crippen molar-refractivity contribution in [3.8, 4) is 11.4 Å². The molecular weight excluding hydrogens is 497 g/mol. The number of aromatic nitrogens is 2. The molecular formula is C27H26FN3O7. The number of benzene rings is 1. The van der Waals surface area contributed by atoms with Crippen LogP contribution in [0.4, 0.5) is 4.39 Å². The predicted molar refractivity (Wildman–Crippen MR) is 132 cm³/mol. The highest BCUT2D eigenvalue weighted by atomic mass is 19.1. The minimum Gasteiger partial charge on any atom is -0.458 e. The Bertz CT molecular complexity index is 1630. The van der Waals surface area contributed by atoms with Crippen LogP contribution in [0.5, 0.6) is 0 Å². The highest BCUT2D eigenvalue weighted by Gasteiger charge is 2.46. The van der Waals surface area contributed by atoms with Crippen molar-refractivity contribution in [3.63, 3.8) is 0 Å². The molecule has 6 rings (SSSR count). The number of pyridine rings is 2. The van der Waals surface area contributed by atoms with Crippen LogP contribution in [0.2, 0.25) is 0 Å². The van der Waals surface area contributed by atoms with Crippen LogP contribution in [0.15, 0.2) is 16.9 Å². The lowest BCUT2D eigenvalue weighted by atomic mass is 9.81. The molecule has 11 heteroatoms. The van der Waals surface area contributed by atoms with Crippen molar-refractivity contribution in [1.82, 2.24) is 14.9 Å². The second kappa shape index (κ2) is 8.42. The average molecular weight is 524 g/mol. The fourth-order valence-electron chi connectivity index (χ4n) is 6.05. The van der Waals surface area contributed by atoms with E-state index >= 15 is 0 Å². The molecule has 4 N–H and O–H groups in total. The first-order chi connectivity index (χ1) is 18.1. The Labute approximate surface area is 215 Å². The van der Waals surface area contributed by atoms with E-state index in [1.165, 1.54) is 10.6 Å². The van der Waals surface area contributed by atoms with E-state index in [1.807, 2.05) is 0 Å². The molecule has 1 amide bonds. The predicted octanol–water partition coefficient (Wildman–Crippen LogP) is 0.984. The van der Waals surface area contributed by atoms with E-state index in [2.05, 4.69) is 5.32 Å². The van der Waals surface area contributed by atoms with Gasteiger partial charge in [0.25, 0.3) is 11.5 Å². The van der Waals surface area contributed by atoms with Gasteiger partial charge < -0.3 is 29.9 Å². The smallest absolute Gasteiger partial charge is 0.343 e. The zero-order valence-electron chi connectivity index (χ0n) is 20.8. The standard InChI is InChI=1S/C27H26FN3O7/c1-3-27(37)15-6-19-23-13(8-31(19)25(35)14(15)10-38-26(27)36)22-17(30-24(34)20(33)9-32)5-4-12-11(2)16(28)7-18(29-23)21(12)22/h6-7,17,20,32-33,37H,3-5,8-10H2,1-2H3,(H,30,34)/t17-,20?,27-/m0/s1. The van der Waals surface area contributed by atoms with Gasteiger partial charge in [-0.2, -0.15) is 0 Å². The molecule has 1 aromatic carbocycles. The molecule has 2 aromatic heterocycles. The average Bonchev–Trinajstić information content (AvgIpc) is 3.28. The first-order valence-corrected chi connectivity index (χ1v) is 12.5. The summed E-state index contributed by atoms with van der Waals surface area (Å²) < 4.78 is 21.5. The monoisotopic (exact) mass is 523 g/mol. The number of aryl methyl sites for hydroxylation is 1. The maximum Gasteiger partial charge on any atom is 0.343 e. The zero-order chi connectivity index (χ0) is 27.1. The van der Waals surface area contributed by atoms with E-state index in [1.54, 1.807) is 19.9 Å². The molecule has 10 nitrogen and oxygen atoms in total. The number of amides is 1. The van der Waals surface area contributed by atoms with Crippen molar-refractivity contribution < 1.29 is 34.0 Å². The molecule has 1 aliphatic carbocycles. The lowest BCUT2D eigenvalue weighted by molar-refractivity contribution is -0.172. The third-order valence-electron chi connectivity index (χ3n) is 8.17. The molecule has 0 saturated carbocycles. The van der Waals surface area contributed by atoms with Crippen molar-refractivity contribution in [2.45, 2.75) is 64.0 Å². The van der Waals surface area contributed by atoms with Gasteiger partial charge in [-0.3, -0.25) is 9.59 Å². The fourth-order valence-corrected chi connectivity index (χ4v) is 6.05. The maximum absolute atomic E-state index is 14.9. The zero-order valence-corrected chi connectivity index (χ0v) is 20.8. The third-order valence-corrected chi connectivity index (χ3v) is 8.17. The second-order valence-electron chi connectivity index (χ2n) is 10.1. The molecule has 3 aliphatic rings. The number of carbonyl (C=O) groups excluding carboxylic acids is 2. The van der Waals surface area contributed by atoms with Crippen molar-refractivity contribution >= 4 is 22.8 Å². The number of cyclic esters (lactones) is 1. The molecule has 0 fully saturated rings. The Hall–Kier alpha value is -3.67. The first kappa shape index (κ1) is 24.7. The summed E-state index contributed by atoms with van der Waals surface area (Å²) >= 11 is 0. The van der Waals surface area contributed by atoms with E-state index < -0.39 is 47.6 Å². The number of fused-ring (bicyclic) bond motifs is 5. The number of ether oxygens (including phenoxy) is 1. The second-order valence-corrected chi connectivity index (χ2v) is 10.1. The van der Waals surface area contributed by atoms with Crippen LogP contribution in [0.25, 0.3) is 22.3 Å². The summed E-state index contributed by atoms with van der Waals surface area (Å²) in [6.45, 7) is 2.41. The van der Waals surface area contributed by atoms with E-state index in [0.717, 1.165) is 5.56 Å². The Balaban J connectivity index is 1.63. The van der Waals surface area contributed by atoms with Gasteiger partial charge >= 0.3 is 5.97 Å². The minimum absolute atomic E-state index is 0.000119. The molecule has 38 heavy (non-hydrogen) atoms. The Morgan fingerprint density at radius 3 is 2.79 bits per heavy atom. The number of hydrogen-bond donors (Lipinski definition) is 4. The minimum atomic E-state index is -1.98. The number of esters is 1. The SMILES string of the molecule is CC[C@@]1(O)C(=O)OCc2c1cc1n(c2=O)Cc2c-1nc1cc(F)c(C)c3c1c2[C@@H](NC(=O)C(O)CO)CC3. The van der Waals surface area contributed by atoms with Gasteiger partial charge in [-0.25, -0.2) is 14.2 Å². The molecule has 0 radical (unpaired) electrons. The van der Waals surface area contributed by atoms with Gasteiger partial charge in [-0.1, -0.05) is 6.92 Å². The Kier molecular flexibility index (Phi) is 5.46. The van der Waals surface area contributed by atoms with Crippen molar-refractivity contribution in [2.75, 3.05) is 6.61 Å². The van der Waals surface area contributed by atoms with Crippen LogP contribution in [0.3, 0.4) is 0 Å². The number of nitrogens with zero attached hydrogens (tertiary/aromatic N) is 2. The topological polar surface area (TPSA) is 151 Å². The van der Waals surface area contributed by atoms with Crippen LogP contribution < -0.4 is 10.9 Å². The van der Waals surface area contributed by atoms with Gasteiger partial charge in [-0.05, 0) is 48.9 Å². The van der Waals surface area contributed by atoms with E-state index in [-0.39, 0.29) is 30.7 Å². The lowest BCUT2D eigenvalue weighted by Crippen LogP contribution is -2.44. The van der Waals surface area contributed by atoms with E-state index in [0.29, 0.717) is 51.8 Å². The van der Waals surface area contributed by atoms with Crippen LogP contribution in [-0.2, 0) is 39.5 Å². The maximum atomic E-state index is 14.9. The van der Waals surface area contributed by atoms with Crippen LogP contribution in [0.1, 0.15) is 59.2 Å². The summed E-state index contributed by atoms with van der Waals surface area (Å²) in [6, 6.07) is 2.32. The van der Waals surface area contributed by atoms with Gasteiger partial charge in [0.1, 0.15) is 12.4 Å². The summed E-state index contributed by atoms with van der Waals surface area (Å²) in [7, 11) is 0. The first-order valence-electron chi connectivity index (χ1n) is 12.5. The van der Waals surface area contributed by atoms with Crippen LogP contribution >= 0.6 is 0 Å². The summed E-state index contributed by atoms with van der Waals surface area (Å²) in [5.74, 6) is -2.00. The van der Waals surface area contributed by atoms with Gasteiger partial charge in [-0.15, -0.1) is 0 Å². The summed E-state index contributed by atoms with van der Waals surface area (Å²) in [5, 5.41) is 33.7. The molecule has 0 bridgehead atoms. The van der Waals surface area contributed by atoms with Crippen LogP contribution in [-0.4, -0.2) is 49.5 Å². The highest BCUT2D eigenvalue weighted by molar-refractivity contribution is 5.94. The Morgan fingerprint density at radius 1 is 1.32 bits per heavy atom. The van der Waals surface area contributed by atoms with Gasteiger partial charge in [0, 0.05) is 22.6 Å². The molecule has 4 heterocycles. The molecule has 1 unspecified atom stereocenters. The number of halogens is 1.